The molecule has 0 radical (unpaired) electrons. The molecular formula is C18H22N2O3. The predicted molar refractivity (Wildman–Crippen MR) is 86.0 cm³/mol. The number of hydrogen-bond acceptors (Lipinski definition) is 4. The van der Waals surface area contributed by atoms with Gasteiger partial charge < -0.3 is 14.2 Å². The third kappa shape index (κ3) is 2.63. The molecule has 2 aromatic rings. The first kappa shape index (κ1) is 14.7. The predicted octanol–water partition coefficient (Wildman–Crippen LogP) is 2.79. The summed E-state index contributed by atoms with van der Waals surface area (Å²) in [6, 6.07) is 7.67. The van der Waals surface area contributed by atoms with Gasteiger partial charge in [0.1, 0.15) is 5.69 Å². The van der Waals surface area contributed by atoms with Crippen molar-refractivity contribution in [1.82, 2.24) is 10.1 Å². The van der Waals surface area contributed by atoms with Crippen LogP contribution >= 0.6 is 0 Å². The summed E-state index contributed by atoms with van der Waals surface area (Å²) in [6.07, 6.45) is 3.49. The van der Waals surface area contributed by atoms with E-state index in [-0.39, 0.29) is 11.5 Å². The summed E-state index contributed by atoms with van der Waals surface area (Å²) in [5.41, 5.74) is 1.37. The molecule has 4 rings (SSSR count). The van der Waals surface area contributed by atoms with Crippen LogP contribution in [0.25, 0.3) is 11.0 Å². The van der Waals surface area contributed by atoms with E-state index >= 15 is 0 Å². The minimum absolute atomic E-state index is 0.0950. The van der Waals surface area contributed by atoms with Crippen LogP contribution in [0.1, 0.15) is 31.9 Å². The zero-order chi connectivity index (χ0) is 15.9. The number of fused-ring (bicyclic) bond motifs is 1. The van der Waals surface area contributed by atoms with Crippen LogP contribution in [0.5, 0.6) is 0 Å². The lowest BCUT2D eigenvalue weighted by molar-refractivity contribution is -0.130. The second-order valence-electron chi connectivity index (χ2n) is 6.84. The van der Waals surface area contributed by atoms with Gasteiger partial charge in [0, 0.05) is 18.5 Å². The summed E-state index contributed by atoms with van der Waals surface area (Å²) in [7, 11) is 0. The van der Waals surface area contributed by atoms with E-state index in [2.05, 4.69) is 12.1 Å². The first-order valence-electron chi connectivity index (χ1n) is 8.44. The number of amides is 1. The fourth-order valence-electron chi connectivity index (χ4n) is 3.86. The van der Waals surface area contributed by atoms with Crippen molar-refractivity contribution < 1.29 is 14.1 Å². The molecule has 2 saturated heterocycles. The Balaban J connectivity index is 1.44. The lowest BCUT2D eigenvalue weighted by Gasteiger charge is -2.23. The van der Waals surface area contributed by atoms with Crippen molar-refractivity contribution in [3.8, 4) is 0 Å². The maximum absolute atomic E-state index is 12.6. The Hall–Kier alpha value is -1.88. The van der Waals surface area contributed by atoms with Gasteiger partial charge in [-0.15, -0.1) is 0 Å². The summed E-state index contributed by atoms with van der Waals surface area (Å²) in [6.45, 7) is 4.55. The maximum Gasteiger partial charge on any atom is 0.228 e. The molecule has 2 aliphatic heterocycles. The first-order chi connectivity index (χ1) is 11.2. The molecule has 1 amide bonds. The van der Waals surface area contributed by atoms with E-state index in [1.807, 2.05) is 29.2 Å². The molecule has 2 atom stereocenters. The van der Waals surface area contributed by atoms with E-state index in [4.69, 9.17) is 9.26 Å². The lowest BCUT2D eigenvalue weighted by atomic mass is 9.92. The molecule has 2 unspecified atom stereocenters. The molecule has 5 heteroatoms. The van der Waals surface area contributed by atoms with Gasteiger partial charge in [-0.3, -0.25) is 4.79 Å². The fourth-order valence-corrected chi connectivity index (χ4v) is 3.86. The Morgan fingerprint density at radius 2 is 2.30 bits per heavy atom. The van der Waals surface area contributed by atoms with Gasteiger partial charge in [-0.05, 0) is 30.9 Å². The van der Waals surface area contributed by atoms with Crippen molar-refractivity contribution in [1.29, 1.82) is 0 Å². The number of hydrogen-bond donors (Lipinski definition) is 0. The summed E-state index contributed by atoms with van der Waals surface area (Å²) in [4.78, 5) is 14.6. The van der Waals surface area contributed by atoms with E-state index in [0.717, 1.165) is 55.6 Å². The number of ether oxygens (including phenoxy) is 1. The van der Waals surface area contributed by atoms with E-state index in [0.29, 0.717) is 12.3 Å². The van der Waals surface area contributed by atoms with Gasteiger partial charge >= 0.3 is 0 Å². The smallest absolute Gasteiger partial charge is 0.228 e. The number of carbonyl (C=O) groups excluding carboxylic acids is 1. The van der Waals surface area contributed by atoms with E-state index in [1.165, 1.54) is 0 Å². The molecule has 3 heterocycles. The number of nitrogens with zero attached hydrogens (tertiary/aromatic N) is 2. The normalized spacial score (nSPS) is 27.3. The lowest BCUT2D eigenvalue weighted by Crippen LogP contribution is -2.36. The molecule has 0 aliphatic carbocycles. The summed E-state index contributed by atoms with van der Waals surface area (Å²) >= 11 is 0. The largest absolute Gasteiger partial charge is 0.373 e. The standard InChI is InChI=1S/C18H22N2O3/c1-2-13-10-18(22-11-13)7-8-20(12-18)17(21)9-15-14-5-3-4-6-16(14)23-19-15/h3-6,13H,2,7-12H2,1H3. The highest BCUT2D eigenvalue weighted by molar-refractivity contribution is 5.86. The molecule has 0 bridgehead atoms. The monoisotopic (exact) mass is 314 g/mol. The van der Waals surface area contributed by atoms with Crippen LogP contribution in [0.2, 0.25) is 0 Å². The number of benzene rings is 1. The molecule has 2 fully saturated rings. The van der Waals surface area contributed by atoms with Gasteiger partial charge in [0.05, 0.1) is 18.6 Å². The maximum atomic E-state index is 12.6. The van der Waals surface area contributed by atoms with E-state index in [1.54, 1.807) is 0 Å². The van der Waals surface area contributed by atoms with Gasteiger partial charge in [-0.25, -0.2) is 0 Å². The van der Waals surface area contributed by atoms with Crippen molar-refractivity contribution in [2.45, 2.75) is 38.2 Å². The molecule has 1 aromatic heterocycles. The Morgan fingerprint density at radius 3 is 3.13 bits per heavy atom. The summed E-state index contributed by atoms with van der Waals surface area (Å²) < 4.78 is 11.4. The highest BCUT2D eigenvalue weighted by Crippen LogP contribution is 2.39. The molecule has 0 N–H and O–H groups in total. The Labute approximate surface area is 135 Å². The third-order valence-corrected chi connectivity index (χ3v) is 5.30. The van der Waals surface area contributed by atoms with Crippen LogP contribution in [0.15, 0.2) is 28.8 Å². The van der Waals surface area contributed by atoms with Gasteiger partial charge in [0.2, 0.25) is 5.91 Å². The average molecular weight is 314 g/mol. The third-order valence-electron chi connectivity index (χ3n) is 5.30. The van der Waals surface area contributed by atoms with Crippen molar-refractivity contribution in [3.63, 3.8) is 0 Å². The van der Waals surface area contributed by atoms with Crippen molar-refractivity contribution in [2.24, 2.45) is 5.92 Å². The quantitative estimate of drug-likeness (QED) is 0.874. The van der Waals surface area contributed by atoms with Gasteiger partial charge in [0.15, 0.2) is 5.58 Å². The van der Waals surface area contributed by atoms with Crippen molar-refractivity contribution >= 4 is 16.9 Å². The number of rotatable bonds is 3. The highest BCUT2D eigenvalue weighted by atomic mass is 16.5. The second-order valence-corrected chi connectivity index (χ2v) is 6.84. The van der Waals surface area contributed by atoms with Gasteiger partial charge in [-0.1, -0.05) is 30.6 Å². The molecule has 5 nitrogen and oxygen atoms in total. The fraction of sp³-hybridized carbons (Fsp3) is 0.556. The summed E-state index contributed by atoms with van der Waals surface area (Å²) in [5.74, 6) is 0.758. The van der Waals surface area contributed by atoms with Crippen molar-refractivity contribution in [3.05, 3.63) is 30.0 Å². The van der Waals surface area contributed by atoms with Crippen molar-refractivity contribution in [2.75, 3.05) is 19.7 Å². The van der Waals surface area contributed by atoms with Crippen LogP contribution in [0.4, 0.5) is 0 Å². The van der Waals surface area contributed by atoms with Crippen LogP contribution in [0.3, 0.4) is 0 Å². The van der Waals surface area contributed by atoms with E-state index in [9.17, 15) is 4.79 Å². The Morgan fingerprint density at radius 1 is 1.43 bits per heavy atom. The molecular weight excluding hydrogens is 292 g/mol. The number of para-hydroxylation sites is 1. The van der Waals surface area contributed by atoms with Crippen LogP contribution in [-0.4, -0.2) is 41.3 Å². The highest BCUT2D eigenvalue weighted by Gasteiger charge is 2.46. The summed E-state index contributed by atoms with van der Waals surface area (Å²) in [5, 5.41) is 5.00. The minimum atomic E-state index is -0.0950. The average Bonchev–Trinajstić information content (AvgIpc) is 3.28. The molecule has 2 aliphatic rings. The van der Waals surface area contributed by atoms with Gasteiger partial charge in [-0.2, -0.15) is 0 Å². The van der Waals surface area contributed by atoms with Crippen LogP contribution in [0, 0.1) is 5.92 Å². The zero-order valence-electron chi connectivity index (χ0n) is 13.5. The number of aromatic nitrogens is 1. The second kappa shape index (κ2) is 5.64. The van der Waals surface area contributed by atoms with Crippen LogP contribution in [-0.2, 0) is 16.0 Å². The number of carbonyl (C=O) groups is 1. The molecule has 1 aromatic carbocycles. The van der Waals surface area contributed by atoms with Gasteiger partial charge in [0.25, 0.3) is 0 Å². The topological polar surface area (TPSA) is 55.6 Å². The SMILES string of the molecule is CCC1COC2(CCN(C(=O)Cc3noc4ccccc34)C2)C1. The minimum Gasteiger partial charge on any atom is -0.373 e. The molecule has 122 valence electrons. The Bertz CT molecular complexity index is 726. The number of likely N-dealkylation sites (tertiary alicyclic amines) is 1. The van der Waals surface area contributed by atoms with Crippen LogP contribution < -0.4 is 0 Å². The molecule has 23 heavy (non-hydrogen) atoms. The molecule has 1 spiro atoms. The first-order valence-corrected chi connectivity index (χ1v) is 8.44. The molecule has 0 saturated carbocycles. The van der Waals surface area contributed by atoms with E-state index < -0.39 is 0 Å². The zero-order valence-corrected chi connectivity index (χ0v) is 13.5. The Kier molecular flexibility index (Phi) is 3.60.